The van der Waals surface area contributed by atoms with Gasteiger partial charge in [-0.1, -0.05) is 18.2 Å². The zero-order chi connectivity index (χ0) is 10.7. The SMILES string of the molecule is CC(O)CCNC1COc2ccccc21. The Bertz CT molecular complexity index is 325. The number of hydrogen-bond acceptors (Lipinski definition) is 3. The highest BCUT2D eigenvalue weighted by atomic mass is 16.5. The molecule has 0 fully saturated rings. The van der Waals surface area contributed by atoms with Crippen molar-refractivity contribution >= 4 is 0 Å². The second kappa shape index (κ2) is 4.64. The van der Waals surface area contributed by atoms with Crippen molar-refractivity contribution in [3.63, 3.8) is 0 Å². The Hall–Kier alpha value is -1.06. The van der Waals surface area contributed by atoms with Gasteiger partial charge in [0.2, 0.25) is 0 Å². The molecule has 0 spiro atoms. The molecule has 0 radical (unpaired) electrons. The number of aliphatic hydroxyl groups excluding tert-OH is 1. The molecule has 1 heterocycles. The van der Waals surface area contributed by atoms with Gasteiger partial charge in [-0.2, -0.15) is 0 Å². The third kappa shape index (κ3) is 2.49. The Morgan fingerprint density at radius 2 is 2.33 bits per heavy atom. The van der Waals surface area contributed by atoms with E-state index in [-0.39, 0.29) is 12.1 Å². The molecule has 3 heteroatoms. The Labute approximate surface area is 90.1 Å². The number of hydrogen-bond donors (Lipinski definition) is 2. The highest BCUT2D eigenvalue weighted by Gasteiger charge is 2.22. The van der Waals surface area contributed by atoms with Gasteiger partial charge >= 0.3 is 0 Å². The second-order valence-electron chi connectivity index (χ2n) is 3.99. The summed E-state index contributed by atoms with van der Waals surface area (Å²) in [5, 5.41) is 12.5. The first-order valence-electron chi connectivity index (χ1n) is 5.40. The molecule has 15 heavy (non-hydrogen) atoms. The van der Waals surface area contributed by atoms with Gasteiger partial charge in [0.1, 0.15) is 12.4 Å². The average molecular weight is 207 g/mol. The summed E-state index contributed by atoms with van der Waals surface area (Å²) in [5.74, 6) is 0.979. The Kier molecular flexibility index (Phi) is 3.23. The summed E-state index contributed by atoms with van der Waals surface area (Å²) in [6.45, 7) is 3.32. The molecular weight excluding hydrogens is 190 g/mol. The first-order chi connectivity index (χ1) is 7.27. The van der Waals surface area contributed by atoms with E-state index in [0.29, 0.717) is 6.61 Å². The summed E-state index contributed by atoms with van der Waals surface area (Å²) >= 11 is 0. The van der Waals surface area contributed by atoms with Gasteiger partial charge in [0.25, 0.3) is 0 Å². The third-order valence-electron chi connectivity index (χ3n) is 2.65. The van der Waals surface area contributed by atoms with Crippen LogP contribution in [-0.2, 0) is 0 Å². The lowest BCUT2D eigenvalue weighted by molar-refractivity contribution is 0.181. The van der Waals surface area contributed by atoms with Crippen molar-refractivity contribution < 1.29 is 9.84 Å². The van der Waals surface area contributed by atoms with Crippen LogP contribution in [0.15, 0.2) is 24.3 Å². The molecule has 0 amide bonds. The Morgan fingerprint density at radius 3 is 3.13 bits per heavy atom. The molecule has 2 atom stereocenters. The Balaban J connectivity index is 1.90. The molecule has 82 valence electrons. The molecule has 2 N–H and O–H groups in total. The molecule has 3 nitrogen and oxygen atoms in total. The summed E-state index contributed by atoms with van der Waals surface area (Å²) < 4.78 is 5.54. The predicted molar refractivity (Wildman–Crippen MR) is 59.0 cm³/mol. The van der Waals surface area contributed by atoms with Crippen LogP contribution in [0.1, 0.15) is 24.9 Å². The molecule has 1 aliphatic rings. The van der Waals surface area contributed by atoms with Gasteiger partial charge in [-0.3, -0.25) is 0 Å². The van der Waals surface area contributed by atoms with Crippen LogP contribution < -0.4 is 10.1 Å². The fourth-order valence-electron chi connectivity index (χ4n) is 1.80. The van der Waals surface area contributed by atoms with E-state index >= 15 is 0 Å². The van der Waals surface area contributed by atoms with E-state index in [1.54, 1.807) is 6.92 Å². The van der Waals surface area contributed by atoms with Crippen LogP contribution in [-0.4, -0.2) is 24.4 Å². The minimum atomic E-state index is -0.241. The maximum Gasteiger partial charge on any atom is 0.124 e. The number of rotatable bonds is 4. The zero-order valence-corrected chi connectivity index (χ0v) is 8.94. The molecule has 0 aromatic heterocycles. The lowest BCUT2D eigenvalue weighted by Gasteiger charge is -2.12. The number of fused-ring (bicyclic) bond motifs is 1. The first-order valence-corrected chi connectivity index (χ1v) is 5.40. The molecule has 0 bridgehead atoms. The average Bonchev–Trinajstić information content (AvgIpc) is 2.62. The van der Waals surface area contributed by atoms with Crippen LogP contribution >= 0.6 is 0 Å². The predicted octanol–water partition coefficient (Wildman–Crippen LogP) is 1.48. The minimum Gasteiger partial charge on any atom is -0.491 e. The number of nitrogens with one attached hydrogen (secondary N) is 1. The molecular formula is C12H17NO2. The molecule has 0 aliphatic carbocycles. The summed E-state index contributed by atoms with van der Waals surface area (Å²) in [7, 11) is 0. The monoisotopic (exact) mass is 207 g/mol. The van der Waals surface area contributed by atoms with Crippen molar-refractivity contribution in [2.75, 3.05) is 13.2 Å². The standard InChI is InChI=1S/C12H17NO2/c1-9(14)6-7-13-11-8-15-12-5-3-2-4-10(11)12/h2-5,9,11,13-14H,6-8H2,1H3. The van der Waals surface area contributed by atoms with Crippen LogP contribution in [0, 0.1) is 0 Å². The van der Waals surface area contributed by atoms with Gasteiger partial charge in [0.05, 0.1) is 12.1 Å². The molecule has 0 saturated carbocycles. The number of ether oxygens (including phenoxy) is 1. The van der Waals surface area contributed by atoms with E-state index in [9.17, 15) is 0 Å². The van der Waals surface area contributed by atoms with E-state index in [1.165, 1.54) is 5.56 Å². The van der Waals surface area contributed by atoms with E-state index in [0.717, 1.165) is 18.7 Å². The third-order valence-corrected chi connectivity index (χ3v) is 2.65. The number of aliphatic hydroxyl groups is 1. The van der Waals surface area contributed by atoms with Gasteiger partial charge in [0, 0.05) is 5.56 Å². The van der Waals surface area contributed by atoms with Crippen LogP contribution in [0.4, 0.5) is 0 Å². The maximum atomic E-state index is 9.15. The molecule has 2 unspecified atom stereocenters. The van der Waals surface area contributed by atoms with Gasteiger partial charge in [-0.15, -0.1) is 0 Å². The quantitative estimate of drug-likeness (QED) is 0.785. The largest absolute Gasteiger partial charge is 0.491 e. The van der Waals surface area contributed by atoms with Crippen LogP contribution in [0.5, 0.6) is 5.75 Å². The van der Waals surface area contributed by atoms with E-state index in [2.05, 4.69) is 11.4 Å². The van der Waals surface area contributed by atoms with Crippen molar-refractivity contribution in [3.05, 3.63) is 29.8 Å². The van der Waals surface area contributed by atoms with Gasteiger partial charge in [0.15, 0.2) is 0 Å². The van der Waals surface area contributed by atoms with Gasteiger partial charge in [-0.25, -0.2) is 0 Å². The maximum absolute atomic E-state index is 9.15. The normalized spacial score (nSPS) is 20.8. The summed E-state index contributed by atoms with van der Waals surface area (Å²) in [6, 6.07) is 8.36. The lowest BCUT2D eigenvalue weighted by atomic mass is 10.1. The highest BCUT2D eigenvalue weighted by molar-refractivity contribution is 5.39. The topological polar surface area (TPSA) is 41.5 Å². The van der Waals surface area contributed by atoms with E-state index in [4.69, 9.17) is 9.84 Å². The van der Waals surface area contributed by atoms with Crippen LogP contribution in [0.2, 0.25) is 0 Å². The van der Waals surface area contributed by atoms with Crippen molar-refractivity contribution in [3.8, 4) is 5.75 Å². The first kappa shape index (κ1) is 10.5. The molecule has 1 aromatic carbocycles. The smallest absolute Gasteiger partial charge is 0.124 e. The molecule has 2 rings (SSSR count). The van der Waals surface area contributed by atoms with Crippen molar-refractivity contribution in [1.82, 2.24) is 5.32 Å². The van der Waals surface area contributed by atoms with Crippen molar-refractivity contribution in [2.24, 2.45) is 0 Å². The summed E-state index contributed by atoms with van der Waals surface area (Å²) in [4.78, 5) is 0. The second-order valence-corrected chi connectivity index (χ2v) is 3.99. The fourth-order valence-corrected chi connectivity index (χ4v) is 1.80. The fraction of sp³-hybridized carbons (Fsp3) is 0.500. The van der Waals surface area contributed by atoms with E-state index < -0.39 is 0 Å². The molecule has 1 aliphatic heterocycles. The van der Waals surface area contributed by atoms with Crippen LogP contribution in [0.3, 0.4) is 0 Å². The Morgan fingerprint density at radius 1 is 1.53 bits per heavy atom. The summed E-state index contributed by atoms with van der Waals surface area (Å²) in [5.41, 5.74) is 1.23. The van der Waals surface area contributed by atoms with E-state index in [1.807, 2.05) is 18.2 Å². The molecule has 0 saturated heterocycles. The van der Waals surface area contributed by atoms with Gasteiger partial charge < -0.3 is 15.2 Å². The van der Waals surface area contributed by atoms with Crippen molar-refractivity contribution in [1.29, 1.82) is 0 Å². The van der Waals surface area contributed by atoms with Crippen molar-refractivity contribution in [2.45, 2.75) is 25.5 Å². The number of para-hydroxylation sites is 1. The van der Waals surface area contributed by atoms with Crippen LogP contribution in [0.25, 0.3) is 0 Å². The van der Waals surface area contributed by atoms with Gasteiger partial charge in [-0.05, 0) is 26.0 Å². The minimum absolute atomic E-state index is 0.241. The zero-order valence-electron chi connectivity index (χ0n) is 8.94. The highest BCUT2D eigenvalue weighted by Crippen LogP contribution is 2.31. The summed E-state index contributed by atoms with van der Waals surface area (Å²) in [6.07, 6.45) is 0.536. The molecule has 1 aromatic rings. The number of benzene rings is 1. The lowest BCUT2D eigenvalue weighted by Crippen LogP contribution is -2.25.